The molecule has 0 saturated carbocycles. The van der Waals surface area contributed by atoms with Gasteiger partial charge in [-0.15, -0.1) is 22.7 Å². The molecule has 3 aromatic heterocycles. The molecule has 0 atom stereocenters. The maximum absolute atomic E-state index is 12.7. The highest BCUT2D eigenvalue weighted by atomic mass is 32.1. The molecule has 0 bridgehead atoms. The number of benzene rings is 1. The van der Waals surface area contributed by atoms with Crippen LogP contribution in [-0.2, 0) is 16.1 Å². The Morgan fingerprint density at radius 1 is 1.07 bits per heavy atom. The van der Waals surface area contributed by atoms with Crippen LogP contribution >= 0.6 is 22.7 Å². The molecule has 3 heterocycles. The van der Waals surface area contributed by atoms with Crippen molar-refractivity contribution >= 4 is 56.2 Å². The number of aryl methyl sites for hydroxylation is 1. The average molecular weight is 440 g/mol. The third-order valence-corrected chi connectivity index (χ3v) is 6.04. The van der Waals surface area contributed by atoms with Crippen LogP contribution in [0, 0.1) is 6.92 Å². The predicted molar refractivity (Wildman–Crippen MR) is 119 cm³/mol. The number of thiophene rings is 1. The zero-order chi connectivity index (χ0) is 21.3. The van der Waals surface area contributed by atoms with Crippen LogP contribution in [0.3, 0.4) is 0 Å². The quantitative estimate of drug-likeness (QED) is 0.495. The summed E-state index contributed by atoms with van der Waals surface area (Å²) in [5.74, 6) is -0.532. The number of thiazole rings is 1. The molecule has 0 unspecified atom stereocenters. The fourth-order valence-electron chi connectivity index (χ4n) is 2.96. The standard InChI is InChI=1S/C20H17N5O3S2/c1-11(26)21-13-5-7-14(8-6-13)23-16(27)10-25-19-18(22-12(2)30-19)17(24-20(25)28)15-4-3-9-29-15/h3-9H,10H2,1-2H3,(H,21,26)(H,23,27). The first kappa shape index (κ1) is 19.9. The highest BCUT2D eigenvalue weighted by Gasteiger charge is 2.18. The van der Waals surface area contributed by atoms with Crippen molar-refractivity contribution < 1.29 is 9.59 Å². The second-order valence-corrected chi connectivity index (χ2v) is 8.63. The van der Waals surface area contributed by atoms with E-state index in [1.165, 1.54) is 34.2 Å². The fraction of sp³-hybridized carbons (Fsp3) is 0.150. The maximum atomic E-state index is 12.7. The fourth-order valence-corrected chi connectivity index (χ4v) is 4.58. The van der Waals surface area contributed by atoms with Gasteiger partial charge >= 0.3 is 5.69 Å². The summed E-state index contributed by atoms with van der Waals surface area (Å²) in [7, 11) is 0. The van der Waals surface area contributed by atoms with E-state index in [0.717, 1.165) is 9.88 Å². The highest BCUT2D eigenvalue weighted by molar-refractivity contribution is 7.18. The van der Waals surface area contributed by atoms with Gasteiger partial charge in [-0.1, -0.05) is 6.07 Å². The summed E-state index contributed by atoms with van der Waals surface area (Å²) in [6.45, 7) is 3.10. The van der Waals surface area contributed by atoms with Gasteiger partial charge in [0.15, 0.2) is 0 Å². The van der Waals surface area contributed by atoms with Gasteiger partial charge in [0.2, 0.25) is 11.8 Å². The number of nitrogens with one attached hydrogen (secondary N) is 2. The molecule has 0 aliphatic carbocycles. The number of carbonyl (C=O) groups excluding carboxylic acids is 2. The van der Waals surface area contributed by atoms with Gasteiger partial charge in [0.25, 0.3) is 0 Å². The number of amides is 2. The number of hydrogen-bond acceptors (Lipinski definition) is 7. The molecule has 2 amide bonds. The number of nitrogens with zero attached hydrogens (tertiary/aromatic N) is 3. The van der Waals surface area contributed by atoms with Crippen molar-refractivity contribution in [2.45, 2.75) is 20.4 Å². The van der Waals surface area contributed by atoms with Crippen molar-refractivity contribution in [1.29, 1.82) is 0 Å². The second-order valence-electron chi connectivity index (χ2n) is 6.50. The molecule has 4 rings (SSSR count). The molecule has 0 saturated heterocycles. The Hall–Kier alpha value is -3.37. The minimum atomic E-state index is -0.495. The lowest BCUT2D eigenvalue weighted by atomic mass is 10.2. The van der Waals surface area contributed by atoms with Gasteiger partial charge in [0.1, 0.15) is 22.6 Å². The zero-order valence-corrected chi connectivity index (χ0v) is 17.8. The van der Waals surface area contributed by atoms with Crippen LogP contribution in [0.2, 0.25) is 0 Å². The SMILES string of the molecule is CC(=O)Nc1ccc(NC(=O)Cn2c(=O)nc(-c3cccs3)c3nc(C)sc32)cc1. The normalized spacial score (nSPS) is 10.9. The first-order valence-corrected chi connectivity index (χ1v) is 10.7. The Bertz CT molecular complexity index is 1290. The first-order chi connectivity index (χ1) is 14.4. The molecule has 30 heavy (non-hydrogen) atoms. The molecule has 152 valence electrons. The van der Waals surface area contributed by atoms with E-state index in [-0.39, 0.29) is 18.4 Å². The van der Waals surface area contributed by atoms with E-state index in [0.29, 0.717) is 27.4 Å². The Morgan fingerprint density at radius 2 is 1.77 bits per heavy atom. The number of rotatable bonds is 5. The largest absolute Gasteiger partial charge is 0.349 e. The van der Waals surface area contributed by atoms with Crippen molar-refractivity contribution in [3.8, 4) is 10.6 Å². The van der Waals surface area contributed by atoms with Gasteiger partial charge in [-0.3, -0.25) is 14.2 Å². The van der Waals surface area contributed by atoms with Gasteiger partial charge < -0.3 is 10.6 Å². The first-order valence-electron chi connectivity index (χ1n) is 9.00. The van der Waals surface area contributed by atoms with Gasteiger partial charge in [-0.25, -0.2) is 9.78 Å². The minimum absolute atomic E-state index is 0.173. The summed E-state index contributed by atoms with van der Waals surface area (Å²) < 4.78 is 1.35. The van der Waals surface area contributed by atoms with Crippen LogP contribution < -0.4 is 16.3 Å². The molecule has 8 nitrogen and oxygen atoms in total. The van der Waals surface area contributed by atoms with E-state index >= 15 is 0 Å². The molecule has 0 radical (unpaired) electrons. The van der Waals surface area contributed by atoms with E-state index in [9.17, 15) is 14.4 Å². The molecule has 1 aromatic carbocycles. The number of fused-ring (bicyclic) bond motifs is 1. The lowest BCUT2D eigenvalue weighted by Crippen LogP contribution is -2.29. The third-order valence-electron chi connectivity index (χ3n) is 4.17. The van der Waals surface area contributed by atoms with Gasteiger partial charge in [-0.05, 0) is 42.6 Å². The van der Waals surface area contributed by atoms with Crippen molar-refractivity contribution in [3.63, 3.8) is 0 Å². The third kappa shape index (κ3) is 4.14. The molecule has 0 spiro atoms. The summed E-state index contributed by atoms with van der Waals surface area (Å²) in [5, 5.41) is 8.13. The lowest BCUT2D eigenvalue weighted by molar-refractivity contribution is -0.117. The Kier molecular flexibility index (Phi) is 5.42. The maximum Gasteiger partial charge on any atom is 0.349 e. The molecule has 0 aliphatic rings. The van der Waals surface area contributed by atoms with Crippen LogP contribution in [0.4, 0.5) is 11.4 Å². The van der Waals surface area contributed by atoms with Gasteiger partial charge in [0.05, 0.1) is 9.88 Å². The summed E-state index contributed by atoms with van der Waals surface area (Å²) in [4.78, 5) is 46.6. The molecular weight excluding hydrogens is 422 g/mol. The van der Waals surface area contributed by atoms with Crippen molar-refractivity contribution in [3.05, 3.63) is 57.3 Å². The minimum Gasteiger partial charge on any atom is -0.326 e. The van der Waals surface area contributed by atoms with E-state index < -0.39 is 5.69 Å². The van der Waals surface area contributed by atoms with Crippen LogP contribution in [0.5, 0.6) is 0 Å². The van der Waals surface area contributed by atoms with E-state index in [1.54, 1.807) is 24.3 Å². The lowest BCUT2D eigenvalue weighted by Gasteiger charge is -2.10. The Labute approximate surface area is 179 Å². The average Bonchev–Trinajstić information content (AvgIpc) is 3.34. The summed E-state index contributed by atoms with van der Waals surface area (Å²) in [5.41, 5.74) is 1.85. The van der Waals surface area contributed by atoms with Crippen molar-refractivity contribution in [2.75, 3.05) is 10.6 Å². The topological polar surface area (TPSA) is 106 Å². The predicted octanol–water partition coefficient (Wildman–Crippen LogP) is 3.49. The van der Waals surface area contributed by atoms with Crippen LogP contribution in [0.15, 0.2) is 46.6 Å². The van der Waals surface area contributed by atoms with Crippen LogP contribution in [-0.4, -0.2) is 26.3 Å². The van der Waals surface area contributed by atoms with Gasteiger partial charge in [-0.2, -0.15) is 4.98 Å². The molecule has 0 aliphatic heterocycles. The molecule has 2 N–H and O–H groups in total. The van der Waals surface area contributed by atoms with Crippen molar-refractivity contribution in [2.24, 2.45) is 0 Å². The summed E-state index contributed by atoms with van der Waals surface area (Å²) in [6.07, 6.45) is 0. The molecular formula is C20H17N5O3S2. The Balaban J connectivity index is 1.60. The molecule has 0 fully saturated rings. The summed E-state index contributed by atoms with van der Waals surface area (Å²) in [6, 6.07) is 10.5. The van der Waals surface area contributed by atoms with E-state index in [4.69, 9.17) is 0 Å². The monoisotopic (exact) mass is 439 g/mol. The number of aromatic nitrogens is 3. The van der Waals surface area contributed by atoms with Crippen LogP contribution in [0.25, 0.3) is 20.9 Å². The van der Waals surface area contributed by atoms with E-state index in [2.05, 4.69) is 20.6 Å². The summed E-state index contributed by atoms with van der Waals surface area (Å²) >= 11 is 2.84. The number of carbonyl (C=O) groups is 2. The smallest absolute Gasteiger partial charge is 0.326 e. The van der Waals surface area contributed by atoms with E-state index in [1.807, 2.05) is 24.4 Å². The van der Waals surface area contributed by atoms with Crippen LogP contribution in [0.1, 0.15) is 11.9 Å². The highest BCUT2D eigenvalue weighted by Crippen LogP contribution is 2.31. The van der Waals surface area contributed by atoms with Gasteiger partial charge in [0, 0.05) is 18.3 Å². The molecule has 10 heteroatoms. The Morgan fingerprint density at radius 3 is 2.40 bits per heavy atom. The second kappa shape index (κ2) is 8.17. The molecule has 4 aromatic rings. The zero-order valence-electron chi connectivity index (χ0n) is 16.1. The number of hydrogen-bond donors (Lipinski definition) is 2. The number of anilines is 2. The van der Waals surface area contributed by atoms with Crippen molar-refractivity contribution in [1.82, 2.24) is 14.5 Å².